The molecule has 10 heavy (non-hydrogen) atoms. The van der Waals surface area contributed by atoms with Gasteiger partial charge in [0, 0.05) is 6.04 Å². The second-order valence-corrected chi connectivity index (χ2v) is 2.74. The maximum atomic E-state index is 10.3. The van der Waals surface area contributed by atoms with Crippen LogP contribution in [0.4, 0.5) is 0 Å². The van der Waals surface area contributed by atoms with Crippen LogP contribution in [-0.2, 0) is 4.79 Å². The minimum absolute atomic E-state index is 0.302. The van der Waals surface area contributed by atoms with Crippen LogP contribution in [0.25, 0.3) is 0 Å². The zero-order valence-corrected chi connectivity index (χ0v) is 5.53. The van der Waals surface area contributed by atoms with Gasteiger partial charge >= 0.3 is 5.97 Å². The Morgan fingerprint density at radius 3 is 2.30 bits per heavy atom. The van der Waals surface area contributed by atoms with E-state index in [1.54, 1.807) is 0 Å². The molecule has 4 heteroatoms. The molecule has 4 N–H and O–H groups in total. The average molecular weight is 145 g/mol. The molecule has 0 spiro atoms. The molecule has 4 nitrogen and oxygen atoms in total. The number of carboxylic acids is 1. The third-order valence-corrected chi connectivity index (χ3v) is 1.93. The summed E-state index contributed by atoms with van der Waals surface area (Å²) in [5, 5.41) is 17.5. The maximum Gasteiger partial charge on any atom is 0.306 e. The second kappa shape index (κ2) is 2.56. The molecule has 0 amide bonds. The van der Waals surface area contributed by atoms with Crippen LogP contribution in [0.3, 0.4) is 0 Å². The van der Waals surface area contributed by atoms with Crippen molar-refractivity contribution in [2.24, 2.45) is 11.7 Å². The van der Waals surface area contributed by atoms with Crippen LogP contribution in [-0.4, -0.2) is 28.3 Å². The first-order chi connectivity index (χ1) is 4.61. The number of carboxylic acid groups (broad SMARTS) is 1. The van der Waals surface area contributed by atoms with Crippen molar-refractivity contribution in [2.45, 2.75) is 25.0 Å². The number of nitrogens with two attached hydrogens (primary N) is 1. The van der Waals surface area contributed by atoms with Crippen LogP contribution in [0.5, 0.6) is 0 Å². The van der Waals surface area contributed by atoms with Crippen LogP contribution in [0.15, 0.2) is 0 Å². The molecule has 1 saturated carbocycles. The van der Waals surface area contributed by atoms with Crippen molar-refractivity contribution in [1.29, 1.82) is 0 Å². The molecule has 58 valence electrons. The summed E-state index contributed by atoms with van der Waals surface area (Å²) in [5.41, 5.74) is 5.39. The zero-order chi connectivity index (χ0) is 7.72. The van der Waals surface area contributed by atoms with Crippen molar-refractivity contribution in [2.75, 3.05) is 0 Å². The third-order valence-electron chi connectivity index (χ3n) is 1.93. The van der Waals surface area contributed by atoms with Crippen molar-refractivity contribution >= 4 is 5.97 Å². The number of aliphatic hydroxyl groups is 1. The summed E-state index contributed by atoms with van der Waals surface area (Å²) in [5.74, 6) is -1.29. The molecule has 1 aliphatic carbocycles. The van der Waals surface area contributed by atoms with E-state index in [-0.39, 0.29) is 6.04 Å². The third kappa shape index (κ3) is 1.27. The van der Waals surface area contributed by atoms with E-state index in [4.69, 9.17) is 15.9 Å². The van der Waals surface area contributed by atoms with Gasteiger partial charge in [-0.05, 0) is 12.8 Å². The number of carbonyl (C=O) groups is 1. The van der Waals surface area contributed by atoms with Crippen LogP contribution in [0.2, 0.25) is 0 Å². The van der Waals surface area contributed by atoms with E-state index in [1.165, 1.54) is 0 Å². The average Bonchev–Trinajstić information content (AvgIpc) is 2.13. The van der Waals surface area contributed by atoms with Gasteiger partial charge in [-0.25, -0.2) is 0 Å². The molecule has 0 aromatic carbocycles. The van der Waals surface area contributed by atoms with Gasteiger partial charge in [-0.3, -0.25) is 4.79 Å². The summed E-state index contributed by atoms with van der Waals surface area (Å²) < 4.78 is 0. The lowest BCUT2D eigenvalue weighted by Crippen LogP contribution is -2.28. The Kier molecular flexibility index (Phi) is 1.92. The Morgan fingerprint density at radius 2 is 2.10 bits per heavy atom. The Balaban J connectivity index is 2.49. The van der Waals surface area contributed by atoms with Crippen molar-refractivity contribution in [3.63, 3.8) is 0 Å². The van der Waals surface area contributed by atoms with E-state index in [0.717, 1.165) is 0 Å². The fourth-order valence-electron chi connectivity index (χ4n) is 1.25. The molecular formula is C6H11NO3. The molecule has 1 fully saturated rings. The van der Waals surface area contributed by atoms with Gasteiger partial charge in [0.2, 0.25) is 0 Å². The molecule has 0 aromatic rings. The molecule has 0 bridgehead atoms. The molecule has 0 heterocycles. The Hall–Kier alpha value is -0.610. The Morgan fingerprint density at radius 1 is 1.50 bits per heavy atom. The van der Waals surface area contributed by atoms with Crippen LogP contribution < -0.4 is 5.73 Å². The molecule has 0 radical (unpaired) electrons. The summed E-state index contributed by atoms with van der Waals surface area (Å²) >= 11 is 0. The smallest absolute Gasteiger partial charge is 0.306 e. The highest BCUT2D eigenvalue weighted by Crippen LogP contribution is 2.24. The molecular weight excluding hydrogens is 134 g/mol. The van der Waals surface area contributed by atoms with Gasteiger partial charge in [-0.15, -0.1) is 0 Å². The number of aliphatic hydroxyl groups excluding tert-OH is 1. The van der Waals surface area contributed by atoms with E-state index in [1.807, 2.05) is 0 Å². The van der Waals surface area contributed by atoms with Gasteiger partial charge in [0.05, 0.1) is 12.0 Å². The van der Waals surface area contributed by atoms with E-state index >= 15 is 0 Å². The highest BCUT2D eigenvalue weighted by molar-refractivity contribution is 5.70. The van der Waals surface area contributed by atoms with Gasteiger partial charge < -0.3 is 15.9 Å². The van der Waals surface area contributed by atoms with Gasteiger partial charge in [-0.2, -0.15) is 0 Å². The molecule has 0 aromatic heterocycles. The van der Waals surface area contributed by atoms with Crippen LogP contribution in [0.1, 0.15) is 12.8 Å². The highest BCUT2D eigenvalue weighted by atomic mass is 16.4. The van der Waals surface area contributed by atoms with Crippen molar-refractivity contribution < 1.29 is 15.0 Å². The lowest BCUT2D eigenvalue weighted by molar-refractivity contribution is -0.141. The molecule has 1 unspecified atom stereocenters. The fraction of sp³-hybridized carbons (Fsp3) is 0.833. The Labute approximate surface area is 58.6 Å². The highest BCUT2D eigenvalue weighted by Gasteiger charge is 2.34. The van der Waals surface area contributed by atoms with Crippen molar-refractivity contribution in [1.82, 2.24) is 0 Å². The standard InChI is InChI=1S/C6H11NO3/c7-4-1-3(6(9)10)2-5(4)8/h3-5,8H,1-2,7H2,(H,9,10)/t3-,4+,5?/m0/s1. The monoisotopic (exact) mass is 145 g/mol. The molecule has 1 aliphatic rings. The van der Waals surface area contributed by atoms with E-state index < -0.39 is 18.0 Å². The summed E-state index contributed by atoms with van der Waals surface area (Å²) in [6, 6.07) is -0.346. The summed E-state index contributed by atoms with van der Waals surface area (Å²) in [6.07, 6.45) is 0.0774. The largest absolute Gasteiger partial charge is 0.481 e. The van der Waals surface area contributed by atoms with E-state index in [2.05, 4.69) is 0 Å². The maximum absolute atomic E-state index is 10.3. The minimum atomic E-state index is -0.855. The lowest BCUT2D eigenvalue weighted by Gasteiger charge is -2.04. The Bertz CT molecular complexity index is 138. The van der Waals surface area contributed by atoms with Gasteiger partial charge in [-0.1, -0.05) is 0 Å². The lowest BCUT2D eigenvalue weighted by atomic mass is 10.1. The van der Waals surface area contributed by atoms with E-state index in [9.17, 15) is 4.79 Å². The first-order valence-electron chi connectivity index (χ1n) is 3.27. The number of rotatable bonds is 1. The van der Waals surface area contributed by atoms with Crippen molar-refractivity contribution in [3.05, 3.63) is 0 Å². The van der Waals surface area contributed by atoms with Crippen LogP contribution in [0, 0.1) is 5.92 Å². The quantitative estimate of drug-likeness (QED) is 0.449. The summed E-state index contributed by atoms with van der Waals surface area (Å²) in [6.45, 7) is 0. The van der Waals surface area contributed by atoms with Crippen LogP contribution >= 0.6 is 0 Å². The summed E-state index contributed by atoms with van der Waals surface area (Å²) in [7, 11) is 0. The van der Waals surface area contributed by atoms with Gasteiger partial charge in [0.1, 0.15) is 0 Å². The first-order valence-corrected chi connectivity index (χ1v) is 3.27. The molecule has 1 rings (SSSR count). The van der Waals surface area contributed by atoms with Crippen molar-refractivity contribution in [3.8, 4) is 0 Å². The molecule has 0 aliphatic heterocycles. The summed E-state index contributed by atoms with van der Waals surface area (Å²) in [4.78, 5) is 10.3. The second-order valence-electron chi connectivity index (χ2n) is 2.74. The van der Waals surface area contributed by atoms with E-state index in [0.29, 0.717) is 12.8 Å². The number of hydrogen-bond donors (Lipinski definition) is 3. The molecule has 0 saturated heterocycles. The molecule has 3 atom stereocenters. The number of aliphatic carboxylic acids is 1. The fourth-order valence-corrected chi connectivity index (χ4v) is 1.25. The zero-order valence-electron chi connectivity index (χ0n) is 5.53. The SMILES string of the molecule is N[C@@H]1C[C@H](C(=O)O)CC1O. The normalized spacial score (nSPS) is 40.0. The van der Waals surface area contributed by atoms with Gasteiger partial charge in [0.25, 0.3) is 0 Å². The minimum Gasteiger partial charge on any atom is -0.481 e. The first kappa shape index (κ1) is 7.50. The predicted octanol–water partition coefficient (Wildman–Crippen LogP) is -0.831. The van der Waals surface area contributed by atoms with Gasteiger partial charge in [0.15, 0.2) is 0 Å². The predicted molar refractivity (Wildman–Crippen MR) is 34.3 cm³/mol. The number of hydrogen-bond acceptors (Lipinski definition) is 3. The topological polar surface area (TPSA) is 83.6 Å².